The van der Waals surface area contributed by atoms with Crippen LogP contribution in [-0.2, 0) is 9.33 Å². The van der Waals surface area contributed by atoms with E-state index < -0.39 is 9.33 Å². The molecule has 0 aromatic heterocycles. The first-order valence-corrected chi connectivity index (χ1v) is 6.95. The largest absolute Gasteiger partial charge is 0.353 e. The van der Waals surface area contributed by atoms with E-state index in [9.17, 15) is 0 Å². The van der Waals surface area contributed by atoms with Gasteiger partial charge in [-0.2, -0.15) is 8.42 Å². The van der Waals surface area contributed by atoms with Crippen LogP contribution in [-0.4, -0.2) is 18.3 Å². The zero-order valence-corrected chi connectivity index (χ0v) is 11.0. The minimum Gasteiger partial charge on any atom is -0.273 e. The summed E-state index contributed by atoms with van der Waals surface area (Å²) >= 11 is 9.53. The third-order valence-electron chi connectivity index (χ3n) is 0.940. The Kier molecular flexibility index (Phi) is 12.2. The number of hydrogen-bond donors (Lipinski definition) is 1. The van der Waals surface area contributed by atoms with Gasteiger partial charge in [0.2, 0.25) is 0 Å². The molecule has 0 bridgehead atoms. The molecule has 0 spiro atoms. The Balaban J connectivity index is 0. The summed E-state index contributed by atoms with van der Waals surface area (Å²) in [4.78, 5) is 0. The fourth-order valence-corrected chi connectivity index (χ4v) is 0.534. The maximum atomic E-state index is 8.95. The third kappa shape index (κ3) is 31.5. The summed E-state index contributed by atoms with van der Waals surface area (Å²) in [5, 5.41) is 0.194. The summed E-state index contributed by atoms with van der Waals surface area (Å²) in [6, 6.07) is 10.3. The highest BCUT2D eigenvalue weighted by molar-refractivity contribution is 8.09. The average molecular weight is 294 g/mol. The Hall–Kier alpha value is -0.000000000000000111. The molecule has 0 unspecified atom stereocenters. The van der Waals surface area contributed by atoms with E-state index in [4.69, 9.17) is 36.2 Å². The molecule has 0 aliphatic heterocycles. The van der Waals surface area contributed by atoms with Crippen molar-refractivity contribution in [1.29, 1.82) is 0 Å². The van der Waals surface area contributed by atoms with Crippen molar-refractivity contribution in [3.05, 3.63) is 35.9 Å². The molecule has 15 heavy (non-hydrogen) atoms. The van der Waals surface area contributed by atoms with Crippen LogP contribution in [0.4, 0.5) is 0 Å². The number of alkyl halides is 2. The normalized spacial score (nSPS) is 9.13. The fourth-order valence-electron chi connectivity index (χ4n) is 0.534. The molecule has 1 rings (SSSR count). The van der Waals surface area contributed by atoms with Gasteiger partial charge in [0, 0.05) is 10.7 Å². The Bertz CT molecular complexity index is 318. The number of hydrogen-bond acceptors (Lipinski definition) is 2. The Morgan fingerprint density at radius 1 is 1.20 bits per heavy atom. The van der Waals surface area contributed by atoms with Gasteiger partial charge in [0.25, 0.3) is 0 Å². The van der Waals surface area contributed by atoms with Gasteiger partial charge in [-0.25, -0.2) is 0 Å². The summed E-state index contributed by atoms with van der Waals surface area (Å²) in [6.07, 6.45) is 0. The van der Waals surface area contributed by atoms with Crippen molar-refractivity contribution < 1.29 is 13.0 Å². The van der Waals surface area contributed by atoms with Gasteiger partial charge in [-0.1, -0.05) is 35.9 Å². The van der Waals surface area contributed by atoms with Crippen molar-refractivity contribution in [3.8, 4) is 0 Å². The molecule has 0 amide bonds. The average Bonchev–Trinajstić information content (AvgIpc) is 2.03. The molecule has 7 heteroatoms. The van der Waals surface area contributed by atoms with Gasteiger partial charge in [-0.05, 0) is 6.92 Å². The second-order valence-corrected chi connectivity index (χ2v) is 4.97. The van der Waals surface area contributed by atoms with E-state index in [1.165, 1.54) is 5.56 Å². The first-order valence-electron chi connectivity index (χ1n) is 3.62. The predicted molar refractivity (Wildman–Crippen MR) is 65.2 cm³/mol. The SMILES string of the molecule is Cc1ccccc1.ClCCl.O=S(=O)(O)Cl. The third-order valence-corrected chi connectivity index (χ3v) is 0.940. The van der Waals surface area contributed by atoms with Crippen LogP contribution in [0.2, 0.25) is 0 Å². The van der Waals surface area contributed by atoms with E-state index in [0.29, 0.717) is 0 Å². The highest BCUT2D eigenvalue weighted by atomic mass is 35.7. The summed E-state index contributed by atoms with van der Waals surface area (Å²) < 4.78 is 25.2. The van der Waals surface area contributed by atoms with Crippen LogP contribution in [0.25, 0.3) is 0 Å². The van der Waals surface area contributed by atoms with Crippen LogP contribution < -0.4 is 0 Å². The van der Waals surface area contributed by atoms with E-state index in [2.05, 4.69) is 29.7 Å². The smallest absolute Gasteiger partial charge is 0.273 e. The summed E-state index contributed by atoms with van der Waals surface area (Å²) in [5.41, 5.74) is 1.32. The summed E-state index contributed by atoms with van der Waals surface area (Å²) in [5.74, 6) is 0. The number of benzene rings is 1. The summed E-state index contributed by atoms with van der Waals surface area (Å²) in [6.45, 7) is 2.08. The topological polar surface area (TPSA) is 54.4 Å². The van der Waals surface area contributed by atoms with Crippen molar-refractivity contribution >= 4 is 43.2 Å². The van der Waals surface area contributed by atoms with Crippen molar-refractivity contribution in [2.75, 3.05) is 5.34 Å². The van der Waals surface area contributed by atoms with Gasteiger partial charge in [-0.15, -0.1) is 23.2 Å². The van der Waals surface area contributed by atoms with Gasteiger partial charge in [0.15, 0.2) is 0 Å². The molecule has 0 saturated heterocycles. The number of aryl methyl sites for hydroxylation is 1. The molecule has 0 fully saturated rings. The summed E-state index contributed by atoms with van der Waals surface area (Å²) in [7, 11) is -0.137. The van der Waals surface area contributed by atoms with Crippen LogP contribution >= 0.6 is 33.9 Å². The molecule has 0 aliphatic carbocycles. The molecule has 0 aliphatic rings. The minimum absolute atomic E-state index is 0.194. The first-order chi connectivity index (χ1) is 6.81. The van der Waals surface area contributed by atoms with E-state index in [-0.39, 0.29) is 5.34 Å². The molecule has 0 saturated carbocycles. The van der Waals surface area contributed by atoms with Gasteiger partial charge in [0.05, 0.1) is 5.34 Å². The maximum absolute atomic E-state index is 8.95. The zero-order valence-electron chi connectivity index (χ0n) is 7.90. The van der Waals surface area contributed by atoms with E-state index in [0.717, 1.165) is 0 Å². The highest BCUT2D eigenvalue weighted by Gasteiger charge is 1.86. The monoisotopic (exact) mass is 292 g/mol. The second-order valence-electron chi connectivity index (χ2n) is 2.17. The van der Waals surface area contributed by atoms with Gasteiger partial charge in [-0.3, -0.25) is 4.55 Å². The molecular weight excluding hydrogens is 283 g/mol. The highest BCUT2D eigenvalue weighted by Crippen LogP contribution is 1.92. The molecule has 1 aromatic rings. The molecular formula is C8H11Cl3O3S. The van der Waals surface area contributed by atoms with E-state index in [1.54, 1.807) is 0 Å². The lowest BCUT2D eigenvalue weighted by Gasteiger charge is -1.82. The van der Waals surface area contributed by atoms with Gasteiger partial charge >= 0.3 is 9.33 Å². The van der Waals surface area contributed by atoms with E-state index >= 15 is 0 Å². The van der Waals surface area contributed by atoms with Gasteiger partial charge < -0.3 is 0 Å². The van der Waals surface area contributed by atoms with Crippen molar-refractivity contribution in [1.82, 2.24) is 0 Å². The Morgan fingerprint density at radius 2 is 1.47 bits per heavy atom. The molecule has 1 aromatic carbocycles. The lowest BCUT2D eigenvalue weighted by molar-refractivity contribution is 0.501. The van der Waals surface area contributed by atoms with Crippen LogP contribution in [0.3, 0.4) is 0 Å². The van der Waals surface area contributed by atoms with Crippen LogP contribution in [0.5, 0.6) is 0 Å². The number of halogens is 3. The van der Waals surface area contributed by atoms with Crippen molar-refractivity contribution in [3.63, 3.8) is 0 Å². The maximum Gasteiger partial charge on any atom is 0.353 e. The predicted octanol–water partition coefficient (Wildman–Crippen LogP) is 3.44. The van der Waals surface area contributed by atoms with Crippen LogP contribution in [0, 0.1) is 6.92 Å². The Morgan fingerprint density at radius 3 is 1.60 bits per heavy atom. The minimum atomic E-state index is -4.19. The van der Waals surface area contributed by atoms with Crippen LogP contribution in [0.1, 0.15) is 5.56 Å². The van der Waals surface area contributed by atoms with Gasteiger partial charge in [0.1, 0.15) is 0 Å². The van der Waals surface area contributed by atoms with Crippen molar-refractivity contribution in [2.45, 2.75) is 6.92 Å². The standard InChI is InChI=1S/C7H8.CH2Cl2.ClHO3S/c1-7-5-3-2-4-6-7;2-1-3;1-5(2,3)4/h2-6H,1H3;1H2;(H,2,3,4). The lowest BCUT2D eigenvalue weighted by Crippen LogP contribution is -1.77. The number of rotatable bonds is 0. The molecule has 0 atom stereocenters. The molecule has 0 heterocycles. The molecule has 1 N–H and O–H groups in total. The zero-order chi connectivity index (χ0) is 12.3. The molecule has 3 nitrogen and oxygen atoms in total. The fraction of sp³-hybridized carbons (Fsp3) is 0.250. The lowest BCUT2D eigenvalue weighted by atomic mass is 10.2. The Labute approximate surface area is 104 Å². The molecule has 88 valence electrons. The van der Waals surface area contributed by atoms with Crippen LogP contribution in [0.15, 0.2) is 30.3 Å². The second kappa shape index (κ2) is 10.5. The van der Waals surface area contributed by atoms with E-state index in [1.807, 2.05) is 18.2 Å². The molecule has 0 radical (unpaired) electrons. The van der Waals surface area contributed by atoms with Crippen molar-refractivity contribution in [2.24, 2.45) is 0 Å². The quantitative estimate of drug-likeness (QED) is 0.453. The first kappa shape index (κ1) is 17.4.